The molecule has 3 rings (SSSR count). The van der Waals surface area contributed by atoms with Gasteiger partial charge in [0.1, 0.15) is 5.82 Å². The number of nitrogens with zero attached hydrogens (tertiary/aromatic N) is 2. The molecule has 0 spiro atoms. The van der Waals surface area contributed by atoms with Crippen molar-refractivity contribution in [2.75, 3.05) is 30.3 Å². The molecule has 1 aliphatic rings. The third-order valence-electron chi connectivity index (χ3n) is 4.55. The highest BCUT2D eigenvalue weighted by atomic mass is 32.2. The zero-order valence-corrected chi connectivity index (χ0v) is 16.7. The average Bonchev–Trinajstić information content (AvgIpc) is 3.05. The van der Waals surface area contributed by atoms with Crippen molar-refractivity contribution in [3.8, 4) is 0 Å². The number of benzene rings is 2. The first-order valence-corrected chi connectivity index (χ1v) is 10.6. The van der Waals surface area contributed by atoms with E-state index in [1.165, 1.54) is 52.7 Å². The van der Waals surface area contributed by atoms with Gasteiger partial charge in [0, 0.05) is 20.1 Å². The monoisotopic (exact) mass is 420 g/mol. The molecule has 1 amide bonds. The van der Waals surface area contributed by atoms with Gasteiger partial charge in [-0.3, -0.25) is 9.10 Å². The van der Waals surface area contributed by atoms with Gasteiger partial charge in [-0.15, -0.1) is 0 Å². The number of likely N-dealkylation sites (N-methyl/N-ethyl adjacent to an activating group) is 1. The summed E-state index contributed by atoms with van der Waals surface area (Å²) < 4.78 is 43.5. The van der Waals surface area contributed by atoms with E-state index in [9.17, 15) is 22.4 Å². The van der Waals surface area contributed by atoms with Gasteiger partial charge in [0.2, 0.25) is 10.0 Å². The van der Waals surface area contributed by atoms with E-state index in [0.717, 1.165) is 0 Å². The molecule has 1 aliphatic heterocycles. The quantitative estimate of drug-likeness (QED) is 0.669. The highest BCUT2D eigenvalue weighted by molar-refractivity contribution is 7.93. The Morgan fingerprint density at radius 1 is 1.17 bits per heavy atom. The number of ether oxygens (including phenoxy) is 1. The minimum Gasteiger partial charge on any atom is -0.452 e. The second-order valence-electron chi connectivity index (χ2n) is 6.74. The maximum atomic E-state index is 13.2. The summed E-state index contributed by atoms with van der Waals surface area (Å²) in [6.45, 7) is 0.151. The number of rotatable bonds is 6. The van der Waals surface area contributed by atoms with Crippen LogP contribution in [0, 0.1) is 5.82 Å². The topological polar surface area (TPSA) is 84.0 Å². The fourth-order valence-electron chi connectivity index (χ4n) is 3.01. The van der Waals surface area contributed by atoms with Crippen molar-refractivity contribution in [1.82, 2.24) is 4.90 Å². The molecular weight excluding hydrogens is 399 g/mol. The Balaban J connectivity index is 1.54. The number of esters is 1. The van der Waals surface area contributed by atoms with E-state index >= 15 is 0 Å². The summed E-state index contributed by atoms with van der Waals surface area (Å²) in [6, 6.07) is 11.9. The molecule has 154 valence electrons. The van der Waals surface area contributed by atoms with Gasteiger partial charge in [0.25, 0.3) is 5.91 Å². The van der Waals surface area contributed by atoms with E-state index in [1.54, 1.807) is 12.1 Å². The van der Waals surface area contributed by atoms with E-state index in [1.807, 2.05) is 0 Å². The third-order valence-corrected chi connectivity index (χ3v) is 6.42. The summed E-state index contributed by atoms with van der Waals surface area (Å²) in [5.41, 5.74) is 1.33. The van der Waals surface area contributed by atoms with Gasteiger partial charge in [0.15, 0.2) is 6.61 Å². The average molecular weight is 420 g/mol. The van der Waals surface area contributed by atoms with Crippen molar-refractivity contribution in [3.05, 3.63) is 65.5 Å². The molecule has 9 heteroatoms. The lowest BCUT2D eigenvalue weighted by atomic mass is 10.2. The van der Waals surface area contributed by atoms with E-state index < -0.39 is 28.5 Å². The normalized spacial score (nSPS) is 15.2. The number of carbonyl (C=O) groups excluding carboxylic acids is 2. The van der Waals surface area contributed by atoms with E-state index in [-0.39, 0.29) is 23.7 Å². The van der Waals surface area contributed by atoms with Gasteiger partial charge in [-0.25, -0.2) is 17.6 Å². The van der Waals surface area contributed by atoms with Crippen LogP contribution in [0.3, 0.4) is 0 Å². The number of hydrogen-bond acceptors (Lipinski definition) is 5. The second-order valence-corrected chi connectivity index (χ2v) is 8.76. The van der Waals surface area contributed by atoms with Crippen molar-refractivity contribution in [2.45, 2.75) is 13.0 Å². The predicted molar refractivity (Wildman–Crippen MR) is 105 cm³/mol. The molecule has 29 heavy (non-hydrogen) atoms. The molecule has 0 radical (unpaired) electrons. The van der Waals surface area contributed by atoms with Crippen molar-refractivity contribution in [2.24, 2.45) is 0 Å². The molecule has 1 heterocycles. The molecule has 0 unspecified atom stereocenters. The Labute approximate surface area is 168 Å². The van der Waals surface area contributed by atoms with Gasteiger partial charge in [0.05, 0.1) is 17.0 Å². The second kappa shape index (κ2) is 8.60. The first-order chi connectivity index (χ1) is 13.8. The number of sulfonamides is 1. The van der Waals surface area contributed by atoms with Crippen LogP contribution in [0.25, 0.3) is 0 Å². The molecule has 2 aromatic carbocycles. The standard InChI is InChI=1S/C20H21FN2O5S/c1-22(13-15-4-2-5-17(21)12-15)19(24)14-28-20(25)16-6-8-18(9-7-16)23-10-3-11-29(23,26)27/h2,4-9,12H,3,10-11,13-14H2,1H3. The molecule has 0 N–H and O–H groups in total. The van der Waals surface area contributed by atoms with Crippen molar-refractivity contribution >= 4 is 27.6 Å². The summed E-state index contributed by atoms with van der Waals surface area (Å²) >= 11 is 0. The molecular formula is C20H21FN2O5S. The predicted octanol–water partition coefficient (Wildman–Crippen LogP) is 2.18. The van der Waals surface area contributed by atoms with Crippen molar-refractivity contribution in [1.29, 1.82) is 0 Å². The summed E-state index contributed by atoms with van der Waals surface area (Å²) in [6.07, 6.45) is 0.567. The summed E-state index contributed by atoms with van der Waals surface area (Å²) in [5, 5.41) is 0. The Bertz CT molecular complexity index is 1010. The minimum atomic E-state index is -3.29. The summed E-state index contributed by atoms with van der Waals surface area (Å²) in [4.78, 5) is 25.6. The number of hydrogen-bond donors (Lipinski definition) is 0. The lowest BCUT2D eigenvalue weighted by molar-refractivity contribution is -0.133. The maximum Gasteiger partial charge on any atom is 0.338 e. The van der Waals surface area contributed by atoms with Gasteiger partial charge >= 0.3 is 5.97 Å². The molecule has 0 saturated carbocycles. The van der Waals surface area contributed by atoms with Crippen LogP contribution in [0.5, 0.6) is 0 Å². The molecule has 1 saturated heterocycles. The van der Waals surface area contributed by atoms with Crippen LogP contribution in [0.4, 0.5) is 10.1 Å². The zero-order chi connectivity index (χ0) is 21.0. The first kappa shape index (κ1) is 20.8. The van der Waals surface area contributed by atoms with Crippen LogP contribution in [-0.4, -0.2) is 51.1 Å². The molecule has 0 bridgehead atoms. The molecule has 2 aromatic rings. The highest BCUT2D eigenvalue weighted by Crippen LogP contribution is 2.24. The fourth-order valence-corrected chi connectivity index (χ4v) is 4.58. The molecule has 7 nitrogen and oxygen atoms in total. The van der Waals surface area contributed by atoms with Gasteiger partial charge in [-0.1, -0.05) is 12.1 Å². The van der Waals surface area contributed by atoms with Crippen molar-refractivity contribution < 1.29 is 27.1 Å². The highest BCUT2D eigenvalue weighted by Gasteiger charge is 2.28. The van der Waals surface area contributed by atoms with Crippen LogP contribution in [0.2, 0.25) is 0 Å². The van der Waals surface area contributed by atoms with E-state index in [0.29, 0.717) is 24.2 Å². The van der Waals surface area contributed by atoms with Crippen LogP contribution >= 0.6 is 0 Å². The number of halogens is 1. The number of carbonyl (C=O) groups is 2. The van der Waals surface area contributed by atoms with Crippen LogP contribution in [0.1, 0.15) is 22.3 Å². The van der Waals surface area contributed by atoms with Crippen LogP contribution in [-0.2, 0) is 26.1 Å². The Morgan fingerprint density at radius 2 is 1.90 bits per heavy atom. The van der Waals surface area contributed by atoms with Crippen LogP contribution < -0.4 is 4.31 Å². The molecule has 1 fully saturated rings. The van der Waals surface area contributed by atoms with Crippen molar-refractivity contribution in [3.63, 3.8) is 0 Å². The molecule has 0 atom stereocenters. The van der Waals surface area contributed by atoms with E-state index in [2.05, 4.69) is 0 Å². The third kappa shape index (κ3) is 5.11. The Kier molecular flexibility index (Phi) is 6.17. The Hall–Kier alpha value is -2.94. The lowest BCUT2D eigenvalue weighted by Crippen LogP contribution is -2.30. The van der Waals surface area contributed by atoms with Gasteiger partial charge in [-0.2, -0.15) is 0 Å². The Morgan fingerprint density at radius 3 is 2.52 bits per heavy atom. The zero-order valence-electron chi connectivity index (χ0n) is 15.9. The van der Waals surface area contributed by atoms with Crippen LogP contribution in [0.15, 0.2) is 48.5 Å². The fraction of sp³-hybridized carbons (Fsp3) is 0.300. The largest absolute Gasteiger partial charge is 0.452 e. The maximum absolute atomic E-state index is 13.2. The molecule has 0 aliphatic carbocycles. The first-order valence-electron chi connectivity index (χ1n) is 9.02. The molecule has 0 aromatic heterocycles. The number of anilines is 1. The van der Waals surface area contributed by atoms with Gasteiger partial charge < -0.3 is 9.64 Å². The summed E-state index contributed by atoms with van der Waals surface area (Å²) in [5.74, 6) is -1.39. The summed E-state index contributed by atoms with van der Waals surface area (Å²) in [7, 11) is -1.76. The van der Waals surface area contributed by atoms with E-state index in [4.69, 9.17) is 4.74 Å². The number of amides is 1. The minimum absolute atomic E-state index is 0.113. The van der Waals surface area contributed by atoms with Gasteiger partial charge in [-0.05, 0) is 48.4 Å². The SMILES string of the molecule is CN(Cc1cccc(F)c1)C(=O)COC(=O)c1ccc(N2CCCS2(=O)=O)cc1. The lowest BCUT2D eigenvalue weighted by Gasteiger charge is -2.18. The smallest absolute Gasteiger partial charge is 0.338 e.